The summed E-state index contributed by atoms with van der Waals surface area (Å²) < 4.78 is 38.0. The van der Waals surface area contributed by atoms with E-state index >= 15 is 0 Å². The number of carbonyl (C=O) groups is 2. The minimum absolute atomic E-state index is 0.221. The van der Waals surface area contributed by atoms with Crippen LogP contribution in [0.3, 0.4) is 0 Å². The van der Waals surface area contributed by atoms with E-state index in [0.717, 1.165) is 0 Å². The third kappa shape index (κ3) is 3.53. The predicted molar refractivity (Wildman–Crippen MR) is 67.4 cm³/mol. The van der Waals surface area contributed by atoms with Gasteiger partial charge in [-0.15, -0.1) is 10.2 Å². The van der Waals surface area contributed by atoms with Crippen LogP contribution in [0, 0.1) is 0 Å². The standard InChI is InChI=1S/C13H10F3N3O2/c1-7(20)17-9-4-2-8(3-5-9)6-10-11(13(14,15)16)18-19-12(10)21/h2-5H,6H2,1H3,(H,17,20). The highest BCUT2D eigenvalue weighted by atomic mass is 19.4. The Morgan fingerprint density at radius 3 is 2.33 bits per heavy atom. The van der Waals surface area contributed by atoms with Crippen LogP contribution >= 0.6 is 0 Å². The minimum Gasteiger partial charge on any atom is -0.326 e. The average Bonchev–Trinajstić information content (AvgIpc) is 2.73. The van der Waals surface area contributed by atoms with Gasteiger partial charge >= 0.3 is 6.18 Å². The van der Waals surface area contributed by atoms with Crippen molar-refractivity contribution in [2.75, 3.05) is 5.32 Å². The number of hydrogen-bond donors (Lipinski definition) is 1. The predicted octanol–water partition coefficient (Wildman–Crippen LogP) is 3.00. The first-order chi connectivity index (χ1) is 9.77. The zero-order valence-corrected chi connectivity index (χ0v) is 10.9. The molecule has 5 nitrogen and oxygen atoms in total. The molecule has 1 N–H and O–H groups in total. The van der Waals surface area contributed by atoms with Gasteiger partial charge in [0, 0.05) is 19.0 Å². The largest absolute Gasteiger partial charge is 0.435 e. The van der Waals surface area contributed by atoms with Gasteiger partial charge in [-0.05, 0) is 17.7 Å². The Labute approximate surface area is 117 Å². The number of benzene rings is 1. The monoisotopic (exact) mass is 297 g/mol. The Kier molecular flexibility index (Phi) is 3.88. The van der Waals surface area contributed by atoms with Gasteiger partial charge in [0.2, 0.25) is 5.91 Å². The molecule has 0 aromatic heterocycles. The van der Waals surface area contributed by atoms with Gasteiger partial charge in [0.1, 0.15) is 0 Å². The molecule has 1 aromatic carbocycles. The average molecular weight is 297 g/mol. The van der Waals surface area contributed by atoms with Crippen LogP contribution in [-0.2, 0) is 16.0 Å². The normalized spacial score (nSPS) is 14.8. The Morgan fingerprint density at radius 2 is 1.81 bits per heavy atom. The summed E-state index contributed by atoms with van der Waals surface area (Å²) in [6.07, 6.45) is -4.93. The number of azo groups is 1. The minimum atomic E-state index is -4.71. The van der Waals surface area contributed by atoms with Crippen LogP contribution in [0.2, 0.25) is 0 Å². The lowest BCUT2D eigenvalue weighted by atomic mass is 10.0. The lowest BCUT2D eigenvalue weighted by Gasteiger charge is -2.08. The van der Waals surface area contributed by atoms with Gasteiger partial charge in [-0.2, -0.15) is 13.2 Å². The molecule has 0 fully saturated rings. The Hall–Kier alpha value is -2.51. The number of allylic oxidation sites excluding steroid dienone is 1. The second-order valence-electron chi connectivity index (χ2n) is 4.38. The van der Waals surface area contributed by atoms with Gasteiger partial charge in [-0.3, -0.25) is 9.59 Å². The molecule has 21 heavy (non-hydrogen) atoms. The zero-order valence-electron chi connectivity index (χ0n) is 10.9. The number of amides is 2. The smallest absolute Gasteiger partial charge is 0.326 e. The van der Waals surface area contributed by atoms with Crippen molar-refractivity contribution in [3.63, 3.8) is 0 Å². The molecule has 0 saturated carbocycles. The van der Waals surface area contributed by atoms with Gasteiger partial charge in [-0.25, -0.2) is 0 Å². The number of hydrogen-bond acceptors (Lipinski definition) is 3. The van der Waals surface area contributed by atoms with Gasteiger partial charge in [-0.1, -0.05) is 12.1 Å². The van der Waals surface area contributed by atoms with E-state index < -0.39 is 23.4 Å². The highest BCUT2D eigenvalue weighted by Crippen LogP contribution is 2.34. The van der Waals surface area contributed by atoms with Crippen LogP contribution < -0.4 is 5.32 Å². The summed E-state index contributed by atoms with van der Waals surface area (Å²) in [5, 5.41) is 8.38. The molecule has 0 unspecified atom stereocenters. The molecule has 0 atom stereocenters. The fourth-order valence-electron chi connectivity index (χ4n) is 1.82. The summed E-state index contributed by atoms with van der Waals surface area (Å²) in [6.45, 7) is 1.34. The summed E-state index contributed by atoms with van der Waals surface area (Å²) in [5.41, 5.74) is -0.724. The number of alkyl halides is 3. The maximum Gasteiger partial charge on any atom is 0.435 e. The third-order valence-corrected chi connectivity index (χ3v) is 2.71. The fraction of sp³-hybridized carbons (Fsp3) is 0.231. The summed E-state index contributed by atoms with van der Waals surface area (Å²) in [7, 11) is 0. The number of carbonyl (C=O) groups excluding carboxylic acids is 2. The molecular weight excluding hydrogens is 287 g/mol. The van der Waals surface area contributed by atoms with E-state index in [1.54, 1.807) is 0 Å². The van der Waals surface area contributed by atoms with Gasteiger partial charge in [0.05, 0.1) is 5.57 Å². The molecule has 1 aromatic rings. The number of nitrogens with one attached hydrogen (secondary N) is 1. The van der Waals surface area contributed by atoms with E-state index in [0.29, 0.717) is 11.3 Å². The molecule has 110 valence electrons. The van der Waals surface area contributed by atoms with Crippen molar-refractivity contribution in [3.05, 3.63) is 41.1 Å². The topological polar surface area (TPSA) is 70.9 Å². The van der Waals surface area contributed by atoms with Crippen molar-refractivity contribution < 1.29 is 22.8 Å². The van der Waals surface area contributed by atoms with Crippen molar-refractivity contribution in [3.8, 4) is 0 Å². The molecule has 0 bridgehead atoms. The molecule has 0 aliphatic carbocycles. The van der Waals surface area contributed by atoms with E-state index in [9.17, 15) is 22.8 Å². The molecule has 1 aliphatic rings. The van der Waals surface area contributed by atoms with E-state index in [1.165, 1.54) is 31.2 Å². The van der Waals surface area contributed by atoms with Crippen LogP contribution in [0.25, 0.3) is 0 Å². The van der Waals surface area contributed by atoms with Crippen molar-refractivity contribution >= 4 is 17.5 Å². The van der Waals surface area contributed by atoms with Crippen LogP contribution in [0.5, 0.6) is 0 Å². The van der Waals surface area contributed by atoms with Gasteiger partial charge in [0.15, 0.2) is 5.70 Å². The number of rotatable bonds is 3. The summed E-state index contributed by atoms with van der Waals surface area (Å²) in [5.74, 6) is -1.23. The van der Waals surface area contributed by atoms with Crippen LogP contribution in [0.15, 0.2) is 45.8 Å². The highest BCUT2D eigenvalue weighted by Gasteiger charge is 2.41. The lowest BCUT2D eigenvalue weighted by Crippen LogP contribution is -2.13. The van der Waals surface area contributed by atoms with Crippen molar-refractivity contribution in [1.82, 2.24) is 0 Å². The molecular formula is C13H10F3N3O2. The first kappa shape index (κ1) is 14.9. The van der Waals surface area contributed by atoms with Gasteiger partial charge < -0.3 is 5.32 Å². The zero-order chi connectivity index (χ0) is 15.6. The molecule has 0 spiro atoms. The number of anilines is 1. The van der Waals surface area contributed by atoms with Crippen LogP contribution in [0.1, 0.15) is 12.5 Å². The third-order valence-electron chi connectivity index (χ3n) is 2.71. The number of halogens is 3. The maximum atomic E-state index is 12.7. The molecule has 2 amide bonds. The summed E-state index contributed by atoms with van der Waals surface area (Å²) in [4.78, 5) is 22.2. The molecule has 0 saturated heterocycles. The van der Waals surface area contributed by atoms with E-state index in [-0.39, 0.29) is 12.3 Å². The van der Waals surface area contributed by atoms with Crippen molar-refractivity contribution in [1.29, 1.82) is 0 Å². The van der Waals surface area contributed by atoms with Crippen molar-refractivity contribution in [2.45, 2.75) is 19.5 Å². The van der Waals surface area contributed by atoms with Crippen LogP contribution in [0.4, 0.5) is 18.9 Å². The Bertz CT molecular complexity index is 646. The first-order valence-electron chi connectivity index (χ1n) is 5.90. The fourth-order valence-corrected chi connectivity index (χ4v) is 1.82. The van der Waals surface area contributed by atoms with Crippen LogP contribution in [-0.4, -0.2) is 18.0 Å². The molecule has 1 aliphatic heterocycles. The summed E-state index contributed by atoms with van der Waals surface area (Å²) in [6, 6.07) is 6.13. The molecule has 8 heteroatoms. The van der Waals surface area contributed by atoms with E-state index in [1.807, 2.05) is 0 Å². The number of nitrogens with zero attached hydrogens (tertiary/aromatic N) is 2. The second-order valence-corrected chi connectivity index (χ2v) is 4.38. The SMILES string of the molecule is CC(=O)Nc1ccc(CC2=C(C(F)(F)F)N=NC2=O)cc1. The maximum absolute atomic E-state index is 12.7. The molecule has 1 heterocycles. The van der Waals surface area contributed by atoms with E-state index in [4.69, 9.17) is 0 Å². The quantitative estimate of drug-likeness (QED) is 0.931. The lowest BCUT2D eigenvalue weighted by molar-refractivity contribution is -0.115. The summed E-state index contributed by atoms with van der Waals surface area (Å²) >= 11 is 0. The molecule has 0 radical (unpaired) electrons. The first-order valence-corrected chi connectivity index (χ1v) is 5.90. The van der Waals surface area contributed by atoms with E-state index in [2.05, 4.69) is 15.5 Å². The second kappa shape index (κ2) is 5.47. The van der Waals surface area contributed by atoms with Crippen molar-refractivity contribution in [2.24, 2.45) is 10.2 Å². The Morgan fingerprint density at radius 1 is 1.19 bits per heavy atom. The highest BCUT2D eigenvalue weighted by molar-refractivity contribution is 5.97. The molecule has 2 rings (SSSR count). The Balaban J connectivity index is 2.21. The van der Waals surface area contributed by atoms with Gasteiger partial charge in [0.25, 0.3) is 5.91 Å².